The quantitative estimate of drug-likeness (QED) is 0.705. The number of nitrogens with two attached hydrogens (primary N) is 1. The molecule has 0 aliphatic carbocycles. The molecule has 4 heteroatoms. The van der Waals surface area contributed by atoms with Gasteiger partial charge in [0.2, 0.25) is 0 Å². The lowest BCUT2D eigenvalue weighted by Gasteiger charge is -2.11. The summed E-state index contributed by atoms with van der Waals surface area (Å²) in [6, 6.07) is 1.84. The molecule has 4 nitrogen and oxygen atoms in total. The van der Waals surface area contributed by atoms with E-state index in [1.807, 2.05) is 10.7 Å². The van der Waals surface area contributed by atoms with Gasteiger partial charge >= 0.3 is 0 Å². The maximum Gasteiger partial charge on any atom is 0.0968 e. The van der Waals surface area contributed by atoms with Gasteiger partial charge in [-0.05, 0) is 25.5 Å². The third kappa shape index (κ3) is 2.54. The highest BCUT2D eigenvalue weighted by Crippen LogP contribution is 2.15. The summed E-state index contributed by atoms with van der Waals surface area (Å²) in [4.78, 5) is 0. The molecule has 74 valence electrons. The molecular weight excluding hydrogens is 166 g/mol. The van der Waals surface area contributed by atoms with Crippen LogP contribution in [0.1, 0.15) is 31.6 Å². The number of aryl methyl sites for hydroxylation is 1. The fourth-order valence-electron chi connectivity index (χ4n) is 1.33. The van der Waals surface area contributed by atoms with E-state index in [1.165, 1.54) is 0 Å². The molecule has 0 spiro atoms. The van der Waals surface area contributed by atoms with Crippen molar-refractivity contribution < 1.29 is 5.11 Å². The zero-order chi connectivity index (χ0) is 9.68. The largest absolute Gasteiger partial charge is 0.387 e. The van der Waals surface area contributed by atoms with E-state index in [1.54, 1.807) is 6.20 Å². The van der Waals surface area contributed by atoms with E-state index in [2.05, 4.69) is 12.0 Å². The van der Waals surface area contributed by atoms with E-state index in [4.69, 9.17) is 5.73 Å². The minimum atomic E-state index is -0.473. The molecule has 0 fully saturated rings. The summed E-state index contributed by atoms with van der Waals surface area (Å²) in [6.45, 7) is 3.43. The van der Waals surface area contributed by atoms with E-state index < -0.39 is 6.10 Å². The Kier molecular flexibility index (Phi) is 3.92. The molecule has 1 rings (SSSR count). The molecule has 0 aromatic carbocycles. The molecule has 0 amide bonds. The summed E-state index contributed by atoms with van der Waals surface area (Å²) in [6.07, 6.45) is 2.85. The number of hydrogen-bond acceptors (Lipinski definition) is 3. The number of rotatable bonds is 5. The molecular formula is C9H17N3O. The maximum atomic E-state index is 9.68. The number of aromatic nitrogens is 2. The van der Waals surface area contributed by atoms with Crippen LogP contribution in [0.3, 0.4) is 0 Å². The average molecular weight is 183 g/mol. The third-order valence-electron chi connectivity index (χ3n) is 1.97. The van der Waals surface area contributed by atoms with Crippen molar-refractivity contribution in [2.24, 2.45) is 5.73 Å². The van der Waals surface area contributed by atoms with Crippen LogP contribution in [0.15, 0.2) is 12.3 Å². The summed E-state index contributed by atoms with van der Waals surface area (Å²) >= 11 is 0. The van der Waals surface area contributed by atoms with Crippen molar-refractivity contribution in [3.63, 3.8) is 0 Å². The van der Waals surface area contributed by atoms with Gasteiger partial charge in [0.05, 0.1) is 11.8 Å². The molecule has 1 aromatic heterocycles. The predicted molar refractivity (Wildman–Crippen MR) is 51.1 cm³/mol. The summed E-state index contributed by atoms with van der Waals surface area (Å²) in [7, 11) is 0. The molecule has 1 atom stereocenters. The SMILES string of the molecule is CCCn1nccc1C(O)CCN. The minimum absolute atomic E-state index is 0.473. The van der Waals surface area contributed by atoms with Gasteiger partial charge in [-0.3, -0.25) is 4.68 Å². The molecule has 0 radical (unpaired) electrons. The van der Waals surface area contributed by atoms with Crippen molar-refractivity contribution in [3.8, 4) is 0 Å². The molecule has 1 heterocycles. The second-order valence-corrected chi connectivity index (χ2v) is 3.07. The lowest BCUT2D eigenvalue weighted by Crippen LogP contribution is -2.12. The Labute approximate surface area is 78.4 Å². The summed E-state index contributed by atoms with van der Waals surface area (Å²) in [5.41, 5.74) is 6.24. The van der Waals surface area contributed by atoms with Gasteiger partial charge in [-0.1, -0.05) is 6.92 Å². The Bertz CT molecular complexity index is 247. The zero-order valence-electron chi connectivity index (χ0n) is 7.98. The smallest absolute Gasteiger partial charge is 0.0968 e. The first-order chi connectivity index (χ1) is 6.29. The van der Waals surface area contributed by atoms with Gasteiger partial charge in [0.15, 0.2) is 0 Å². The highest BCUT2D eigenvalue weighted by Gasteiger charge is 2.11. The van der Waals surface area contributed by atoms with Crippen LogP contribution in [0, 0.1) is 0 Å². The zero-order valence-corrected chi connectivity index (χ0v) is 7.98. The molecule has 0 aliphatic heterocycles. The topological polar surface area (TPSA) is 64.1 Å². The van der Waals surface area contributed by atoms with Gasteiger partial charge in [0.25, 0.3) is 0 Å². The maximum absolute atomic E-state index is 9.68. The molecule has 0 saturated carbocycles. The summed E-state index contributed by atoms with van der Waals surface area (Å²) < 4.78 is 1.83. The number of aliphatic hydroxyl groups excluding tert-OH is 1. The Morgan fingerprint density at radius 3 is 3.08 bits per heavy atom. The fraction of sp³-hybridized carbons (Fsp3) is 0.667. The van der Waals surface area contributed by atoms with Crippen molar-refractivity contribution in [1.82, 2.24) is 9.78 Å². The van der Waals surface area contributed by atoms with E-state index in [-0.39, 0.29) is 0 Å². The van der Waals surface area contributed by atoms with Gasteiger partial charge in [0, 0.05) is 12.7 Å². The summed E-state index contributed by atoms with van der Waals surface area (Å²) in [5, 5.41) is 13.8. The van der Waals surface area contributed by atoms with E-state index >= 15 is 0 Å². The van der Waals surface area contributed by atoms with Crippen molar-refractivity contribution in [3.05, 3.63) is 18.0 Å². The van der Waals surface area contributed by atoms with Gasteiger partial charge in [-0.2, -0.15) is 5.10 Å². The standard InChI is InChI=1S/C9H17N3O/c1-2-7-12-8(4-6-11-12)9(13)3-5-10/h4,6,9,13H,2-3,5,7,10H2,1H3. The second-order valence-electron chi connectivity index (χ2n) is 3.07. The van der Waals surface area contributed by atoms with Crippen LogP contribution >= 0.6 is 0 Å². The first-order valence-corrected chi connectivity index (χ1v) is 4.69. The fourth-order valence-corrected chi connectivity index (χ4v) is 1.33. The molecule has 0 saturated heterocycles. The Morgan fingerprint density at radius 2 is 2.46 bits per heavy atom. The van der Waals surface area contributed by atoms with Crippen LogP contribution in [-0.2, 0) is 6.54 Å². The molecule has 0 bridgehead atoms. The van der Waals surface area contributed by atoms with E-state index in [0.717, 1.165) is 18.7 Å². The van der Waals surface area contributed by atoms with Crippen LogP contribution < -0.4 is 5.73 Å². The molecule has 1 unspecified atom stereocenters. The van der Waals surface area contributed by atoms with Gasteiger partial charge in [-0.25, -0.2) is 0 Å². The lowest BCUT2D eigenvalue weighted by atomic mass is 10.2. The van der Waals surface area contributed by atoms with Crippen LogP contribution in [0.25, 0.3) is 0 Å². The van der Waals surface area contributed by atoms with Crippen molar-refractivity contribution in [1.29, 1.82) is 0 Å². The van der Waals surface area contributed by atoms with Crippen LogP contribution in [0.4, 0.5) is 0 Å². The third-order valence-corrected chi connectivity index (χ3v) is 1.97. The monoisotopic (exact) mass is 183 g/mol. The number of hydrogen-bond donors (Lipinski definition) is 2. The van der Waals surface area contributed by atoms with Gasteiger partial charge in [-0.15, -0.1) is 0 Å². The normalized spacial score (nSPS) is 13.2. The Balaban J connectivity index is 2.68. The molecule has 0 aliphatic rings. The lowest BCUT2D eigenvalue weighted by molar-refractivity contribution is 0.159. The van der Waals surface area contributed by atoms with Crippen LogP contribution in [-0.4, -0.2) is 21.4 Å². The van der Waals surface area contributed by atoms with Crippen molar-refractivity contribution in [2.75, 3.05) is 6.54 Å². The highest BCUT2D eigenvalue weighted by molar-refractivity contribution is 5.04. The van der Waals surface area contributed by atoms with Crippen molar-refractivity contribution in [2.45, 2.75) is 32.4 Å². The van der Waals surface area contributed by atoms with Crippen LogP contribution in [0.2, 0.25) is 0 Å². The first-order valence-electron chi connectivity index (χ1n) is 4.69. The first kappa shape index (κ1) is 10.2. The summed E-state index contributed by atoms with van der Waals surface area (Å²) in [5.74, 6) is 0. The van der Waals surface area contributed by atoms with E-state index in [0.29, 0.717) is 13.0 Å². The predicted octanol–water partition coefficient (Wildman–Crippen LogP) is 0.675. The highest BCUT2D eigenvalue weighted by atomic mass is 16.3. The van der Waals surface area contributed by atoms with Gasteiger partial charge < -0.3 is 10.8 Å². The Hall–Kier alpha value is -0.870. The second kappa shape index (κ2) is 4.99. The molecule has 3 N–H and O–H groups in total. The number of aliphatic hydroxyl groups is 1. The van der Waals surface area contributed by atoms with Crippen molar-refractivity contribution >= 4 is 0 Å². The molecule has 13 heavy (non-hydrogen) atoms. The van der Waals surface area contributed by atoms with Gasteiger partial charge in [0.1, 0.15) is 0 Å². The van der Waals surface area contributed by atoms with Crippen LogP contribution in [0.5, 0.6) is 0 Å². The molecule has 1 aromatic rings. The minimum Gasteiger partial charge on any atom is -0.387 e. The Morgan fingerprint density at radius 1 is 1.69 bits per heavy atom. The average Bonchev–Trinajstić information content (AvgIpc) is 2.54. The van der Waals surface area contributed by atoms with E-state index in [9.17, 15) is 5.11 Å². The number of nitrogens with zero attached hydrogens (tertiary/aromatic N) is 2.